The van der Waals surface area contributed by atoms with Crippen molar-refractivity contribution < 1.29 is 14.6 Å². The number of esters is 1. The van der Waals surface area contributed by atoms with Gasteiger partial charge in [0.05, 0.1) is 6.42 Å². The van der Waals surface area contributed by atoms with Crippen molar-refractivity contribution in [2.75, 3.05) is 19.6 Å². The molecule has 2 aliphatic rings. The molecule has 3 rings (SSSR count). The molecule has 0 radical (unpaired) electrons. The molecule has 1 aliphatic heterocycles. The van der Waals surface area contributed by atoms with Crippen LogP contribution in [0.3, 0.4) is 0 Å². The zero-order chi connectivity index (χ0) is 17.4. The Balaban J connectivity index is 1.63. The number of carbonyl (C=O) groups is 1. The van der Waals surface area contributed by atoms with Crippen molar-refractivity contribution in [2.24, 2.45) is 0 Å². The molecule has 1 unspecified atom stereocenters. The van der Waals surface area contributed by atoms with Gasteiger partial charge in [0.2, 0.25) is 0 Å². The summed E-state index contributed by atoms with van der Waals surface area (Å²) in [4.78, 5) is 14.4. The van der Waals surface area contributed by atoms with Crippen molar-refractivity contribution in [3.63, 3.8) is 0 Å². The van der Waals surface area contributed by atoms with E-state index in [1.807, 2.05) is 32.9 Å². The summed E-state index contributed by atoms with van der Waals surface area (Å²) in [6.07, 6.45) is 5.01. The van der Waals surface area contributed by atoms with Crippen LogP contribution in [0.5, 0.6) is 5.75 Å². The average Bonchev–Trinajstić information content (AvgIpc) is 2.81. The molecule has 1 N–H and O–H groups in total. The third kappa shape index (κ3) is 3.75. The maximum atomic E-state index is 12.0. The lowest BCUT2D eigenvalue weighted by molar-refractivity contribution is -0.155. The fourth-order valence-corrected chi connectivity index (χ4v) is 4.30. The molecular weight excluding hydrogens is 302 g/mol. The van der Waals surface area contributed by atoms with E-state index in [9.17, 15) is 9.90 Å². The number of nitrogens with zero attached hydrogens (tertiary/aromatic N) is 1. The standard InChI is InChI=1S/C20H29NO3/c1-19(2,3)24-18(23)8-12-21-11-4-9-20(14-21)10-7-15-13-16(22)5-6-17(15)20/h5-6,13,22H,4,7-12,14H2,1-3H3. The Hall–Kier alpha value is -1.55. The highest BCUT2D eigenvalue weighted by Crippen LogP contribution is 2.45. The van der Waals surface area contributed by atoms with Gasteiger partial charge in [-0.05, 0) is 76.3 Å². The lowest BCUT2D eigenvalue weighted by Crippen LogP contribution is -2.45. The van der Waals surface area contributed by atoms with Crippen molar-refractivity contribution in [3.05, 3.63) is 29.3 Å². The van der Waals surface area contributed by atoms with Crippen LogP contribution in [-0.4, -0.2) is 41.2 Å². The summed E-state index contributed by atoms with van der Waals surface area (Å²) in [7, 11) is 0. The highest BCUT2D eigenvalue weighted by atomic mass is 16.6. The van der Waals surface area contributed by atoms with Gasteiger partial charge in [0, 0.05) is 18.5 Å². The van der Waals surface area contributed by atoms with Crippen molar-refractivity contribution in [3.8, 4) is 5.75 Å². The summed E-state index contributed by atoms with van der Waals surface area (Å²) in [5, 5.41) is 9.71. The molecule has 1 atom stereocenters. The van der Waals surface area contributed by atoms with Crippen LogP contribution in [0.4, 0.5) is 0 Å². The van der Waals surface area contributed by atoms with Gasteiger partial charge in [-0.25, -0.2) is 0 Å². The van der Waals surface area contributed by atoms with Crippen LogP contribution < -0.4 is 0 Å². The van der Waals surface area contributed by atoms with Crippen molar-refractivity contribution in [1.82, 2.24) is 4.90 Å². The summed E-state index contributed by atoms with van der Waals surface area (Å²) in [6.45, 7) is 8.55. The maximum Gasteiger partial charge on any atom is 0.307 e. The Morgan fingerprint density at radius 2 is 2.12 bits per heavy atom. The molecule has 1 aliphatic carbocycles. The number of phenolic OH excluding ortho intramolecular Hbond substituents is 1. The summed E-state index contributed by atoms with van der Waals surface area (Å²) in [6, 6.07) is 5.84. The second-order valence-electron chi connectivity index (χ2n) is 8.34. The quantitative estimate of drug-likeness (QED) is 0.863. The third-order valence-electron chi connectivity index (χ3n) is 5.24. The van der Waals surface area contributed by atoms with Gasteiger partial charge < -0.3 is 14.7 Å². The highest BCUT2D eigenvalue weighted by Gasteiger charge is 2.41. The van der Waals surface area contributed by atoms with Gasteiger partial charge in [-0.1, -0.05) is 6.07 Å². The summed E-state index contributed by atoms with van der Waals surface area (Å²) in [5.41, 5.74) is 2.49. The molecule has 1 aromatic carbocycles. The van der Waals surface area contributed by atoms with Crippen molar-refractivity contribution in [1.29, 1.82) is 0 Å². The normalized spacial score (nSPS) is 24.1. The molecule has 1 heterocycles. The van der Waals surface area contributed by atoms with Crippen LogP contribution >= 0.6 is 0 Å². The predicted molar refractivity (Wildman–Crippen MR) is 94.2 cm³/mol. The second-order valence-corrected chi connectivity index (χ2v) is 8.34. The van der Waals surface area contributed by atoms with Crippen LogP contribution in [0.25, 0.3) is 0 Å². The maximum absolute atomic E-state index is 12.0. The average molecular weight is 331 g/mol. The molecule has 132 valence electrons. The molecule has 0 amide bonds. The van der Waals surface area contributed by atoms with Gasteiger partial charge in [-0.3, -0.25) is 4.79 Å². The molecule has 0 saturated carbocycles. The minimum atomic E-state index is -0.410. The molecule has 1 saturated heterocycles. The van der Waals surface area contributed by atoms with E-state index < -0.39 is 5.60 Å². The van der Waals surface area contributed by atoms with Crippen LogP contribution in [-0.2, 0) is 21.4 Å². The van der Waals surface area contributed by atoms with E-state index in [1.54, 1.807) is 0 Å². The summed E-state index contributed by atoms with van der Waals surface area (Å²) < 4.78 is 5.42. The minimum absolute atomic E-state index is 0.112. The Morgan fingerprint density at radius 1 is 1.33 bits per heavy atom. The molecule has 1 aromatic rings. The van der Waals surface area contributed by atoms with Crippen LogP contribution in [0.2, 0.25) is 0 Å². The van der Waals surface area contributed by atoms with Gasteiger partial charge >= 0.3 is 5.97 Å². The topological polar surface area (TPSA) is 49.8 Å². The largest absolute Gasteiger partial charge is 0.508 e. The number of benzene rings is 1. The van der Waals surface area contributed by atoms with Gasteiger partial charge in [-0.15, -0.1) is 0 Å². The first-order valence-electron chi connectivity index (χ1n) is 9.04. The number of fused-ring (bicyclic) bond motifs is 2. The number of phenols is 1. The van der Waals surface area contributed by atoms with Gasteiger partial charge in [0.25, 0.3) is 0 Å². The molecule has 4 nitrogen and oxygen atoms in total. The SMILES string of the molecule is CC(C)(C)OC(=O)CCN1CCCC2(CCc3cc(O)ccc32)C1. The number of ether oxygens (including phenoxy) is 1. The number of hydrogen-bond acceptors (Lipinski definition) is 4. The van der Waals surface area contributed by atoms with E-state index in [0.29, 0.717) is 12.2 Å². The predicted octanol–water partition coefficient (Wildman–Crippen LogP) is 3.40. The van der Waals surface area contributed by atoms with E-state index >= 15 is 0 Å². The van der Waals surface area contributed by atoms with Crippen LogP contribution in [0.15, 0.2) is 18.2 Å². The Bertz CT molecular complexity index is 620. The number of aryl methyl sites for hydroxylation is 1. The fourth-order valence-electron chi connectivity index (χ4n) is 4.30. The number of carbonyl (C=O) groups excluding carboxylic acids is 1. The Morgan fingerprint density at radius 3 is 2.88 bits per heavy atom. The monoisotopic (exact) mass is 331 g/mol. The molecular formula is C20H29NO3. The fraction of sp³-hybridized carbons (Fsp3) is 0.650. The third-order valence-corrected chi connectivity index (χ3v) is 5.24. The van der Waals surface area contributed by atoms with Gasteiger partial charge in [-0.2, -0.15) is 0 Å². The summed E-state index contributed by atoms with van der Waals surface area (Å²) >= 11 is 0. The Labute approximate surface area is 144 Å². The zero-order valence-electron chi connectivity index (χ0n) is 15.1. The number of piperidine rings is 1. The molecule has 1 spiro atoms. The highest BCUT2D eigenvalue weighted by molar-refractivity contribution is 5.70. The number of hydrogen-bond donors (Lipinski definition) is 1. The summed E-state index contributed by atoms with van der Waals surface area (Å²) in [5.74, 6) is 0.252. The molecule has 0 bridgehead atoms. The zero-order valence-corrected chi connectivity index (χ0v) is 15.1. The van der Waals surface area contributed by atoms with E-state index in [-0.39, 0.29) is 11.4 Å². The molecule has 1 fully saturated rings. The number of likely N-dealkylation sites (tertiary alicyclic amines) is 1. The van der Waals surface area contributed by atoms with Crippen molar-refractivity contribution >= 4 is 5.97 Å². The van der Waals surface area contributed by atoms with E-state index in [4.69, 9.17) is 4.74 Å². The number of aromatic hydroxyl groups is 1. The lowest BCUT2D eigenvalue weighted by atomic mass is 9.75. The van der Waals surface area contributed by atoms with E-state index in [0.717, 1.165) is 38.9 Å². The molecule has 4 heteroatoms. The smallest absolute Gasteiger partial charge is 0.307 e. The van der Waals surface area contributed by atoms with E-state index in [2.05, 4.69) is 11.0 Å². The van der Waals surface area contributed by atoms with Crippen molar-refractivity contribution in [2.45, 2.75) is 63.9 Å². The molecule has 0 aromatic heterocycles. The van der Waals surface area contributed by atoms with Crippen LogP contribution in [0, 0.1) is 0 Å². The molecule has 24 heavy (non-hydrogen) atoms. The van der Waals surface area contributed by atoms with E-state index in [1.165, 1.54) is 17.5 Å². The van der Waals surface area contributed by atoms with Gasteiger partial charge in [0.1, 0.15) is 11.4 Å². The lowest BCUT2D eigenvalue weighted by Gasteiger charge is -2.41. The number of rotatable bonds is 3. The van der Waals surface area contributed by atoms with Gasteiger partial charge in [0.15, 0.2) is 0 Å². The first-order chi connectivity index (χ1) is 11.3. The minimum Gasteiger partial charge on any atom is -0.508 e. The first-order valence-corrected chi connectivity index (χ1v) is 9.04. The Kier molecular flexibility index (Phi) is 4.60. The van der Waals surface area contributed by atoms with Crippen LogP contribution in [0.1, 0.15) is 57.6 Å². The first kappa shape index (κ1) is 17.3. The second kappa shape index (κ2) is 6.40.